The fourth-order valence-electron chi connectivity index (χ4n) is 1.41. The Morgan fingerprint density at radius 1 is 1.50 bits per heavy atom. The molecule has 2 rings (SSSR count). The van der Waals surface area contributed by atoms with Gasteiger partial charge in [0.1, 0.15) is 5.82 Å². The number of hydrogen-bond acceptors (Lipinski definition) is 1. The van der Waals surface area contributed by atoms with E-state index in [1.54, 1.807) is 12.3 Å². The summed E-state index contributed by atoms with van der Waals surface area (Å²) in [5.41, 5.74) is 1.66. The standard InChI is InChI=1S/C10H6BrFN2/c11-8-4-10-7(3-9(8)12)6(1-2-13)5-14-10/h3-5,14H,1H2. The fourth-order valence-corrected chi connectivity index (χ4v) is 1.75. The number of halogens is 2. The first kappa shape index (κ1) is 9.22. The first-order chi connectivity index (χ1) is 6.72. The molecule has 0 radical (unpaired) electrons. The molecule has 4 heteroatoms. The van der Waals surface area contributed by atoms with Gasteiger partial charge in [-0.15, -0.1) is 0 Å². The minimum Gasteiger partial charge on any atom is -0.361 e. The number of benzene rings is 1. The maximum Gasteiger partial charge on any atom is 0.138 e. The van der Waals surface area contributed by atoms with Gasteiger partial charge >= 0.3 is 0 Å². The van der Waals surface area contributed by atoms with Crippen molar-refractivity contribution in [1.29, 1.82) is 5.26 Å². The van der Waals surface area contributed by atoms with Crippen LogP contribution >= 0.6 is 15.9 Å². The lowest BCUT2D eigenvalue weighted by atomic mass is 10.1. The van der Waals surface area contributed by atoms with Crippen LogP contribution in [0.1, 0.15) is 5.56 Å². The number of hydrogen-bond donors (Lipinski definition) is 1. The van der Waals surface area contributed by atoms with Gasteiger partial charge in [-0.3, -0.25) is 0 Å². The van der Waals surface area contributed by atoms with Crippen LogP contribution in [0.3, 0.4) is 0 Å². The molecule has 0 unspecified atom stereocenters. The molecule has 0 atom stereocenters. The van der Waals surface area contributed by atoms with E-state index >= 15 is 0 Å². The number of aromatic nitrogens is 1. The second kappa shape index (κ2) is 3.43. The number of nitrogens with zero attached hydrogens (tertiary/aromatic N) is 1. The molecule has 0 aliphatic heterocycles. The molecule has 2 aromatic rings. The van der Waals surface area contributed by atoms with Gasteiger partial charge in [-0.2, -0.15) is 5.26 Å². The van der Waals surface area contributed by atoms with Crippen LogP contribution in [-0.2, 0) is 6.42 Å². The summed E-state index contributed by atoms with van der Waals surface area (Å²) in [6, 6.07) is 5.15. The summed E-state index contributed by atoms with van der Waals surface area (Å²) in [4.78, 5) is 2.99. The van der Waals surface area contributed by atoms with Crippen molar-refractivity contribution < 1.29 is 4.39 Å². The molecule has 0 aliphatic rings. The molecular formula is C10H6BrFN2. The van der Waals surface area contributed by atoms with E-state index < -0.39 is 0 Å². The van der Waals surface area contributed by atoms with Crippen molar-refractivity contribution in [2.45, 2.75) is 6.42 Å². The van der Waals surface area contributed by atoms with Crippen molar-refractivity contribution in [2.75, 3.05) is 0 Å². The molecule has 0 saturated heterocycles. The number of aromatic amines is 1. The molecule has 0 aliphatic carbocycles. The smallest absolute Gasteiger partial charge is 0.138 e. The van der Waals surface area contributed by atoms with Gasteiger partial charge in [0.05, 0.1) is 17.0 Å². The molecule has 0 spiro atoms. The highest BCUT2D eigenvalue weighted by molar-refractivity contribution is 9.10. The molecule has 0 saturated carbocycles. The van der Waals surface area contributed by atoms with E-state index in [1.165, 1.54) is 6.07 Å². The highest BCUT2D eigenvalue weighted by atomic mass is 79.9. The largest absolute Gasteiger partial charge is 0.361 e. The summed E-state index contributed by atoms with van der Waals surface area (Å²) < 4.78 is 13.6. The molecule has 1 aromatic carbocycles. The summed E-state index contributed by atoms with van der Waals surface area (Å²) >= 11 is 3.10. The van der Waals surface area contributed by atoms with Gasteiger partial charge in [0.2, 0.25) is 0 Å². The van der Waals surface area contributed by atoms with E-state index in [0.29, 0.717) is 10.9 Å². The lowest BCUT2D eigenvalue weighted by Crippen LogP contribution is -1.80. The minimum absolute atomic E-state index is 0.293. The van der Waals surface area contributed by atoms with Crippen LogP contribution in [0.4, 0.5) is 4.39 Å². The average Bonchev–Trinajstić information content (AvgIpc) is 2.51. The fraction of sp³-hybridized carbons (Fsp3) is 0.100. The Hall–Kier alpha value is -1.34. The third kappa shape index (κ3) is 1.40. The van der Waals surface area contributed by atoms with Gasteiger partial charge in [0.25, 0.3) is 0 Å². The summed E-state index contributed by atoms with van der Waals surface area (Å²) in [5.74, 6) is -0.309. The second-order valence-corrected chi connectivity index (χ2v) is 3.82. The third-order valence-electron chi connectivity index (χ3n) is 2.08. The number of rotatable bonds is 1. The summed E-state index contributed by atoms with van der Waals surface area (Å²) in [7, 11) is 0. The van der Waals surface area contributed by atoms with Crippen LogP contribution < -0.4 is 0 Å². The maximum absolute atomic E-state index is 13.2. The second-order valence-electron chi connectivity index (χ2n) is 2.96. The predicted molar refractivity (Wildman–Crippen MR) is 55.3 cm³/mol. The summed E-state index contributed by atoms with van der Waals surface area (Å²) in [5, 5.41) is 9.33. The zero-order valence-corrected chi connectivity index (χ0v) is 8.73. The molecule has 1 heterocycles. The Balaban J connectivity index is 2.69. The van der Waals surface area contributed by atoms with Gasteiger partial charge in [-0.05, 0) is 33.6 Å². The van der Waals surface area contributed by atoms with Crippen LogP contribution in [0.5, 0.6) is 0 Å². The SMILES string of the molecule is N#CCc1c[nH]c2cc(Br)c(F)cc12. The quantitative estimate of drug-likeness (QED) is 0.833. The number of nitrogens with one attached hydrogen (secondary N) is 1. The summed E-state index contributed by atoms with van der Waals surface area (Å²) in [6.45, 7) is 0. The maximum atomic E-state index is 13.2. The van der Waals surface area contributed by atoms with Crippen LogP contribution in [0.2, 0.25) is 0 Å². The molecule has 1 N–H and O–H groups in total. The van der Waals surface area contributed by atoms with E-state index in [-0.39, 0.29) is 5.82 Å². The Morgan fingerprint density at radius 2 is 2.29 bits per heavy atom. The molecule has 0 bridgehead atoms. The number of H-pyrrole nitrogens is 1. The van der Waals surface area contributed by atoms with Gasteiger partial charge in [-0.1, -0.05) is 0 Å². The van der Waals surface area contributed by atoms with Crippen molar-refractivity contribution in [3.8, 4) is 6.07 Å². The summed E-state index contributed by atoms with van der Waals surface area (Å²) in [6.07, 6.45) is 2.03. The van der Waals surface area contributed by atoms with E-state index in [9.17, 15) is 4.39 Å². The van der Waals surface area contributed by atoms with Gasteiger partial charge in [0.15, 0.2) is 0 Å². The molecular weight excluding hydrogens is 247 g/mol. The van der Waals surface area contributed by atoms with Crippen molar-refractivity contribution in [3.63, 3.8) is 0 Å². The molecule has 0 amide bonds. The van der Waals surface area contributed by atoms with E-state index in [1.807, 2.05) is 6.07 Å². The van der Waals surface area contributed by atoms with Crippen LogP contribution in [0.15, 0.2) is 22.8 Å². The Kier molecular flexibility index (Phi) is 2.26. The molecule has 2 nitrogen and oxygen atoms in total. The Labute approximate surface area is 88.5 Å². The van der Waals surface area contributed by atoms with Crippen LogP contribution in [0.25, 0.3) is 10.9 Å². The van der Waals surface area contributed by atoms with Gasteiger partial charge < -0.3 is 4.98 Å². The Morgan fingerprint density at radius 3 is 3.00 bits per heavy atom. The molecule has 14 heavy (non-hydrogen) atoms. The van der Waals surface area contributed by atoms with Crippen molar-refractivity contribution in [2.24, 2.45) is 0 Å². The topological polar surface area (TPSA) is 39.6 Å². The van der Waals surface area contributed by atoms with Crippen molar-refractivity contribution in [3.05, 3.63) is 34.2 Å². The minimum atomic E-state index is -0.309. The van der Waals surface area contributed by atoms with E-state index in [2.05, 4.69) is 20.9 Å². The molecule has 70 valence electrons. The monoisotopic (exact) mass is 252 g/mol. The van der Waals surface area contributed by atoms with E-state index in [0.717, 1.165) is 16.5 Å². The third-order valence-corrected chi connectivity index (χ3v) is 2.69. The Bertz CT molecular complexity index is 525. The highest BCUT2D eigenvalue weighted by Crippen LogP contribution is 2.25. The van der Waals surface area contributed by atoms with Crippen LogP contribution in [-0.4, -0.2) is 4.98 Å². The van der Waals surface area contributed by atoms with Crippen LogP contribution in [0, 0.1) is 17.1 Å². The zero-order chi connectivity index (χ0) is 10.1. The lowest BCUT2D eigenvalue weighted by molar-refractivity contribution is 0.623. The van der Waals surface area contributed by atoms with E-state index in [4.69, 9.17) is 5.26 Å². The van der Waals surface area contributed by atoms with Gasteiger partial charge in [0, 0.05) is 17.1 Å². The molecule has 0 fully saturated rings. The lowest BCUT2D eigenvalue weighted by Gasteiger charge is -1.96. The van der Waals surface area contributed by atoms with Crippen molar-refractivity contribution >= 4 is 26.8 Å². The average molecular weight is 253 g/mol. The normalized spacial score (nSPS) is 10.4. The predicted octanol–water partition coefficient (Wildman–Crippen LogP) is 3.14. The molecule has 1 aromatic heterocycles. The van der Waals surface area contributed by atoms with Gasteiger partial charge in [-0.25, -0.2) is 4.39 Å². The first-order valence-electron chi connectivity index (χ1n) is 4.04. The highest BCUT2D eigenvalue weighted by Gasteiger charge is 2.07. The van der Waals surface area contributed by atoms with Crippen molar-refractivity contribution in [1.82, 2.24) is 4.98 Å². The number of fused-ring (bicyclic) bond motifs is 1. The first-order valence-corrected chi connectivity index (χ1v) is 4.83. The zero-order valence-electron chi connectivity index (χ0n) is 7.14. The number of nitriles is 1.